The molecule has 0 saturated carbocycles. The quantitative estimate of drug-likeness (QED) is 0.113. The monoisotopic (exact) mass is 383 g/mol. The standard InChI is InChI=1S/C19H22N6O3/c20-18(21)23-13-7-12-19(22,16(26)14-8-3-1-4-9-14)17(27)25(24-28)15-10-5-2-6-11-15/h1-6,8-11H,7,12-13,22H2,(H4,20,21,23)/p+1. The number of nitrogens with two attached hydrogens (primary N) is 3. The number of anilines is 1. The third-order valence-corrected chi connectivity index (χ3v) is 4.16. The highest BCUT2D eigenvalue weighted by Crippen LogP contribution is 2.22. The summed E-state index contributed by atoms with van der Waals surface area (Å²) in [5, 5.41) is 2.30. The van der Waals surface area contributed by atoms with E-state index in [4.69, 9.17) is 17.2 Å². The molecule has 0 fully saturated rings. The van der Waals surface area contributed by atoms with Crippen LogP contribution in [0, 0.1) is 4.91 Å². The number of aliphatic imine (C=N–C) groups is 1. The van der Waals surface area contributed by atoms with E-state index >= 15 is 0 Å². The average Bonchev–Trinajstić information content (AvgIpc) is 2.72. The van der Waals surface area contributed by atoms with Crippen molar-refractivity contribution < 1.29 is 14.9 Å². The van der Waals surface area contributed by atoms with Gasteiger partial charge in [0.1, 0.15) is 11.0 Å². The molecule has 0 bridgehead atoms. The molecule has 0 aliphatic heterocycles. The SMILES string of the molecule is NC(N)=NCCCC(N)(C(=O)c1ccccc1)C(=O)N([NH+]=O)c1ccccc1. The Hall–Kier alpha value is -3.59. The van der Waals surface area contributed by atoms with Gasteiger partial charge in [0.15, 0.2) is 17.3 Å². The van der Waals surface area contributed by atoms with Crippen molar-refractivity contribution in [2.24, 2.45) is 22.2 Å². The molecule has 2 aromatic carbocycles. The molecule has 9 nitrogen and oxygen atoms in total. The molecule has 28 heavy (non-hydrogen) atoms. The molecule has 0 aliphatic rings. The van der Waals surface area contributed by atoms with Gasteiger partial charge in [-0.05, 0) is 30.0 Å². The van der Waals surface area contributed by atoms with Crippen molar-refractivity contribution in [2.75, 3.05) is 11.6 Å². The predicted octanol–water partition coefficient (Wildman–Crippen LogP) is -0.584. The summed E-state index contributed by atoms with van der Waals surface area (Å²) in [6.45, 7) is 0.187. The summed E-state index contributed by atoms with van der Waals surface area (Å²) >= 11 is 0. The largest absolute Gasteiger partial charge is 0.370 e. The van der Waals surface area contributed by atoms with E-state index in [1.165, 1.54) is 0 Å². The molecule has 0 saturated heterocycles. The van der Waals surface area contributed by atoms with Crippen LogP contribution in [0.3, 0.4) is 0 Å². The minimum Gasteiger partial charge on any atom is -0.370 e. The van der Waals surface area contributed by atoms with Crippen molar-refractivity contribution in [1.82, 2.24) is 0 Å². The smallest absolute Gasteiger partial charge is 0.315 e. The maximum absolute atomic E-state index is 13.2. The van der Waals surface area contributed by atoms with Gasteiger partial charge in [0.25, 0.3) is 0 Å². The number of benzene rings is 2. The molecular weight excluding hydrogens is 360 g/mol. The second-order valence-electron chi connectivity index (χ2n) is 6.14. The number of guanidine groups is 1. The van der Waals surface area contributed by atoms with Gasteiger partial charge >= 0.3 is 5.91 Å². The molecule has 2 aromatic rings. The Morgan fingerprint density at radius 3 is 2.11 bits per heavy atom. The summed E-state index contributed by atoms with van der Waals surface area (Å²) in [5.41, 5.74) is 15.5. The van der Waals surface area contributed by atoms with E-state index < -0.39 is 17.2 Å². The van der Waals surface area contributed by atoms with Crippen molar-refractivity contribution in [1.29, 1.82) is 0 Å². The molecule has 9 heteroatoms. The number of hydrogen-bond donors (Lipinski definition) is 4. The van der Waals surface area contributed by atoms with Crippen molar-refractivity contribution in [3.8, 4) is 0 Å². The van der Waals surface area contributed by atoms with E-state index in [9.17, 15) is 14.5 Å². The first-order chi connectivity index (χ1) is 13.4. The summed E-state index contributed by atoms with van der Waals surface area (Å²) in [6, 6.07) is 16.3. The number of nitrogens with zero attached hydrogens (tertiary/aromatic N) is 2. The Bertz CT molecular complexity index is 852. The maximum Gasteiger partial charge on any atom is 0.315 e. The Kier molecular flexibility index (Phi) is 6.94. The van der Waals surface area contributed by atoms with Gasteiger partial charge in [0.2, 0.25) is 0 Å². The fourth-order valence-corrected chi connectivity index (χ4v) is 2.72. The molecular formula is C19H23N6O3+. The lowest BCUT2D eigenvalue weighted by Crippen LogP contribution is -2.84. The molecule has 0 spiro atoms. The van der Waals surface area contributed by atoms with Gasteiger partial charge in [-0.15, -0.1) is 0 Å². The fraction of sp³-hybridized carbons (Fsp3) is 0.211. The Morgan fingerprint density at radius 1 is 1.00 bits per heavy atom. The molecule has 0 heterocycles. The van der Waals surface area contributed by atoms with E-state index in [1.54, 1.807) is 65.9 Å². The molecule has 0 aliphatic carbocycles. The minimum atomic E-state index is -1.98. The van der Waals surface area contributed by atoms with E-state index in [2.05, 4.69) is 4.99 Å². The first-order valence-corrected chi connectivity index (χ1v) is 8.61. The zero-order valence-corrected chi connectivity index (χ0v) is 15.2. The van der Waals surface area contributed by atoms with Crippen LogP contribution < -0.4 is 27.5 Å². The number of carbonyl (C=O) groups excluding carboxylic acids is 2. The molecule has 1 unspecified atom stereocenters. The summed E-state index contributed by atoms with van der Waals surface area (Å²) in [6.07, 6.45) is 0.210. The van der Waals surface area contributed by atoms with Gasteiger partial charge in [-0.3, -0.25) is 14.6 Å². The number of para-hydroxylation sites is 1. The third-order valence-electron chi connectivity index (χ3n) is 4.16. The van der Waals surface area contributed by atoms with Crippen LogP contribution in [0.15, 0.2) is 65.7 Å². The highest BCUT2D eigenvalue weighted by molar-refractivity contribution is 6.21. The first-order valence-electron chi connectivity index (χ1n) is 8.61. The Labute approximate surface area is 162 Å². The minimum absolute atomic E-state index is 0.0542. The van der Waals surface area contributed by atoms with Gasteiger partial charge in [-0.1, -0.05) is 48.5 Å². The lowest BCUT2D eigenvalue weighted by Gasteiger charge is -2.27. The van der Waals surface area contributed by atoms with Crippen molar-refractivity contribution in [3.63, 3.8) is 0 Å². The van der Waals surface area contributed by atoms with Gasteiger partial charge in [0, 0.05) is 17.0 Å². The molecule has 2 rings (SSSR count). The second-order valence-corrected chi connectivity index (χ2v) is 6.14. The van der Waals surface area contributed by atoms with Crippen molar-refractivity contribution in [3.05, 3.63) is 71.1 Å². The first kappa shape index (κ1) is 20.7. The van der Waals surface area contributed by atoms with Gasteiger partial charge in [-0.25, -0.2) is 0 Å². The van der Waals surface area contributed by atoms with E-state index in [-0.39, 0.29) is 36.6 Å². The molecule has 1 atom stereocenters. The number of hydrogen-bond acceptors (Lipinski definition) is 5. The van der Waals surface area contributed by atoms with Gasteiger partial charge in [0.05, 0.1) is 0 Å². The van der Waals surface area contributed by atoms with E-state index in [0.717, 1.165) is 5.01 Å². The lowest BCUT2D eigenvalue weighted by molar-refractivity contribution is -0.485. The fourth-order valence-electron chi connectivity index (χ4n) is 2.72. The summed E-state index contributed by atoms with van der Waals surface area (Å²) in [7, 11) is 0. The topological polar surface area (TPSA) is 159 Å². The van der Waals surface area contributed by atoms with Crippen LogP contribution in [0.25, 0.3) is 0 Å². The normalized spacial score (nSPS) is 12.5. The van der Waals surface area contributed by atoms with Crippen molar-refractivity contribution >= 4 is 23.3 Å². The second kappa shape index (κ2) is 9.38. The number of Topliss-reactive ketones (excluding diaryl/α,β-unsaturated/α-hetero) is 1. The van der Waals surface area contributed by atoms with Crippen molar-refractivity contribution in [2.45, 2.75) is 18.4 Å². The molecule has 0 aromatic heterocycles. The van der Waals surface area contributed by atoms with Crippen LogP contribution >= 0.6 is 0 Å². The highest BCUT2D eigenvalue weighted by Gasteiger charge is 2.47. The van der Waals surface area contributed by atoms with Crippen LogP contribution in [0.1, 0.15) is 23.2 Å². The number of nitrogens with one attached hydrogen (secondary N) is 1. The third kappa shape index (κ3) is 4.77. The number of carbonyl (C=O) groups is 2. The van der Waals surface area contributed by atoms with E-state index in [0.29, 0.717) is 0 Å². The Morgan fingerprint density at radius 2 is 1.57 bits per heavy atom. The highest BCUT2D eigenvalue weighted by atomic mass is 16.3. The molecule has 7 N–H and O–H groups in total. The van der Waals surface area contributed by atoms with E-state index in [1.807, 2.05) is 0 Å². The Balaban J connectivity index is 2.38. The van der Waals surface area contributed by atoms with Crippen LogP contribution in [-0.4, -0.2) is 29.7 Å². The zero-order chi connectivity index (χ0) is 20.6. The number of amides is 1. The molecule has 146 valence electrons. The summed E-state index contributed by atoms with van der Waals surface area (Å²) in [4.78, 5) is 41.6. The van der Waals surface area contributed by atoms with Gasteiger partial charge < -0.3 is 17.2 Å². The van der Waals surface area contributed by atoms with Crippen LogP contribution in [0.4, 0.5) is 5.69 Å². The number of nitroso groups, excluding NO2 is 1. The van der Waals surface area contributed by atoms with Crippen LogP contribution in [-0.2, 0) is 4.79 Å². The number of hydrazine groups is 1. The maximum atomic E-state index is 13.2. The lowest BCUT2D eigenvalue weighted by atomic mass is 9.84. The average molecular weight is 383 g/mol. The zero-order valence-electron chi connectivity index (χ0n) is 15.2. The van der Waals surface area contributed by atoms with Crippen LogP contribution in [0.5, 0.6) is 0 Å². The molecule has 1 amide bonds. The predicted molar refractivity (Wildman–Crippen MR) is 106 cm³/mol. The number of ketones is 1. The summed E-state index contributed by atoms with van der Waals surface area (Å²) in [5.74, 6) is -1.57. The van der Waals surface area contributed by atoms with Gasteiger partial charge in [-0.2, -0.15) is 0 Å². The van der Waals surface area contributed by atoms with Crippen LogP contribution in [0.2, 0.25) is 0 Å². The molecule has 0 radical (unpaired) electrons. The summed E-state index contributed by atoms with van der Waals surface area (Å²) < 4.78 is 0. The number of rotatable bonds is 9.